The molecule has 0 aromatic heterocycles. The third-order valence-electron chi connectivity index (χ3n) is 2.44. The quantitative estimate of drug-likeness (QED) is 0.571. The highest BCUT2D eigenvalue weighted by atomic mass is 28.4. The summed E-state index contributed by atoms with van der Waals surface area (Å²) in [6.45, 7) is 6.27. The van der Waals surface area contributed by atoms with Crippen LogP contribution in [0.15, 0.2) is 0 Å². The molecule has 5 heteroatoms. The van der Waals surface area contributed by atoms with Crippen LogP contribution in [0.4, 0.5) is 0 Å². The Labute approximate surface area is 95.0 Å². The lowest BCUT2D eigenvalue weighted by atomic mass is 10.3. The number of nitrogens with zero attached hydrogens (tertiary/aromatic N) is 1. The van der Waals surface area contributed by atoms with Gasteiger partial charge in [0, 0.05) is 21.3 Å². The number of unbranched alkanes of at least 4 members (excludes halogenated alkanes) is 1. The Hall–Kier alpha value is 0.0569. The van der Waals surface area contributed by atoms with Gasteiger partial charge in [-0.3, -0.25) is 4.57 Å². The van der Waals surface area contributed by atoms with Crippen LogP contribution in [0.1, 0.15) is 33.1 Å². The zero-order chi connectivity index (χ0) is 11.7. The summed E-state index contributed by atoms with van der Waals surface area (Å²) < 4.78 is 18.6. The lowest BCUT2D eigenvalue weighted by Crippen LogP contribution is -2.59. The van der Waals surface area contributed by atoms with Gasteiger partial charge in [0.25, 0.3) is 0 Å². The minimum atomic E-state index is -2.57. The number of hydrogen-bond acceptors (Lipinski definition) is 4. The van der Waals surface area contributed by atoms with Crippen molar-refractivity contribution in [2.24, 2.45) is 0 Å². The van der Waals surface area contributed by atoms with Gasteiger partial charge in [0.2, 0.25) is 0 Å². The first-order valence-electron chi connectivity index (χ1n) is 5.61. The number of hydrogen-bond donors (Lipinski definition) is 0. The van der Waals surface area contributed by atoms with Crippen molar-refractivity contribution < 1.29 is 13.3 Å². The lowest BCUT2D eigenvalue weighted by molar-refractivity contribution is 0.0567. The van der Waals surface area contributed by atoms with E-state index in [2.05, 4.69) is 18.4 Å². The first kappa shape index (κ1) is 15.1. The third-order valence-corrected chi connectivity index (χ3v) is 5.21. The fourth-order valence-electron chi connectivity index (χ4n) is 1.64. The highest BCUT2D eigenvalue weighted by molar-refractivity contribution is 6.57. The van der Waals surface area contributed by atoms with Crippen LogP contribution in [0.2, 0.25) is 0 Å². The van der Waals surface area contributed by atoms with E-state index < -0.39 is 8.97 Å². The molecule has 0 aliphatic rings. The normalized spacial score (nSPS) is 12.4. The van der Waals surface area contributed by atoms with E-state index in [0.717, 1.165) is 25.9 Å². The Bertz CT molecular complexity index is 145. The van der Waals surface area contributed by atoms with Crippen molar-refractivity contribution in [3.8, 4) is 0 Å². The van der Waals surface area contributed by atoms with E-state index in [0.29, 0.717) is 0 Å². The SMILES string of the molecule is CCCCN(CCC)[Si](OC)(OC)OC. The third kappa shape index (κ3) is 4.20. The van der Waals surface area contributed by atoms with Crippen molar-refractivity contribution in [3.63, 3.8) is 0 Å². The summed E-state index contributed by atoms with van der Waals surface area (Å²) in [7, 11) is 2.41. The van der Waals surface area contributed by atoms with Gasteiger partial charge < -0.3 is 13.3 Å². The fraction of sp³-hybridized carbons (Fsp3) is 1.00. The predicted molar refractivity (Wildman–Crippen MR) is 63.6 cm³/mol. The van der Waals surface area contributed by atoms with Crippen molar-refractivity contribution in [3.05, 3.63) is 0 Å². The van der Waals surface area contributed by atoms with Gasteiger partial charge in [0.05, 0.1) is 0 Å². The first-order valence-corrected chi connectivity index (χ1v) is 7.28. The average Bonchev–Trinajstić information content (AvgIpc) is 2.28. The monoisotopic (exact) mass is 235 g/mol. The molecule has 4 nitrogen and oxygen atoms in total. The van der Waals surface area contributed by atoms with E-state index >= 15 is 0 Å². The van der Waals surface area contributed by atoms with Crippen LogP contribution in [0.5, 0.6) is 0 Å². The maximum absolute atomic E-state index is 5.47. The van der Waals surface area contributed by atoms with Crippen molar-refractivity contribution in [2.45, 2.75) is 33.1 Å². The van der Waals surface area contributed by atoms with E-state index in [1.54, 1.807) is 21.3 Å². The van der Waals surface area contributed by atoms with Crippen molar-refractivity contribution in [2.75, 3.05) is 34.4 Å². The lowest BCUT2D eigenvalue weighted by Gasteiger charge is -2.35. The zero-order valence-electron chi connectivity index (χ0n) is 10.7. The van der Waals surface area contributed by atoms with Crippen LogP contribution in [-0.4, -0.2) is 48.0 Å². The van der Waals surface area contributed by atoms with Gasteiger partial charge in [-0.05, 0) is 25.9 Å². The minimum absolute atomic E-state index is 0.960. The van der Waals surface area contributed by atoms with Crippen LogP contribution in [0.3, 0.4) is 0 Å². The van der Waals surface area contributed by atoms with E-state index in [1.807, 2.05) is 0 Å². The van der Waals surface area contributed by atoms with Crippen LogP contribution in [0, 0.1) is 0 Å². The molecule has 0 amide bonds. The van der Waals surface area contributed by atoms with Crippen LogP contribution < -0.4 is 0 Å². The molecule has 92 valence electrons. The molecule has 0 aromatic carbocycles. The summed E-state index contributed by atoms with van der Waals surface area (Å²) >= 11 is 0. The molecule has 0 rings (SSSR count). The highest BCUT2D eigenvalue weighted by Crippen LogP contribution is 2.14. The van der Waals surface area contributed by atoms with E-state index in [9.17, 15) is 0 Å². The van der Waals surface area contributed by atoms with Gasteiger partial charge in [0.1, 0.15) is 0 Å². The van der Waals surface area contributed by atoms with Gasteiger partial charge in [-0.25, -0.2) is 0 Å². The Balaban J connectivity index is 4.50. The number of rotatable bonds is 9. The second-order valence-electron chi connectivity index (χ2n) is 3.48. The van der Waals surface area contributed by atoms with Crippen molar-refractivity contribution in [1.29, 1.82) is 0 Å². The van der Waals surface area contributed by atoms with E-state index in [4.69, 9.17) is 13.3 Å². The van der Waals surface area contributed by atoms with Crippen molar-refractivity contribution in [1.82, 2.24) is 4.57 Å². The fourth-order valence-corrected chi connectivity index (χ4v) is 3.85. The molecule has 0 spiro atoms. The summed E-state index contributed by atoms with van der Waals surface area (Å²) in [5, 5.41) is 0. The molecule has 0 aromatic rings. The predicted octanol–water partition coefficient (Wildman–Crippen LogP) is 1.87. The maximum Gasteiger partial charge on any atom is 0.598 e. The standard InChI is InChI=1S/C10H25NO3Si/c1-6-8-10-11(9-7-2)15(12-3,13-4)14-5/h6-10H2,1-5H3. The smallest absolute Gasteiger partial charge is 0.364 e. The molecule has 0 unspecified atom stereocenters. The van der Waals surface area contributed by atoms with Gasteiger partial charge in [0.15, 0.2) is 0 Å². The molecule has 0 aliphatic carbocycles. The summed E-state index contributed by atoms with van der Waals surface area (Å²) in [4.78, 5) is 0. The molecular weight excluding hydrogens is 210 g/mol. The highest BCUT2D eigenvalue weighted by Gasteiger charge is 2.45. The molecule has 0 bridgehead atoms. The summed E-state index contributed by atoms with van der Waals surface area (Å²) in [5.74, 6) is 0. The van der Waals surface area contributed by atoms with Gasteiger partial charge >= 0.3 is 8.97 Å². The molecule has 0 saturated heterocycles. The second-order valence-corrected chi connectivity index (χ2v) is 6.38. The van der Waals surface area contributed by atoms with E-state index in [-0.39, 0.29) is 0 Å². The van der Waals surface area contributed by atoms with Crippen LogP contribution in [0.25, 0.3) is 0 Å². The molecule has 0 atom stereocenters. The molecule has 0 N–H and O–H groups in total. The molecular formula is C10H25NO3Si. The molecule has 0 fully saturated rings. The Morgan fingerprint density at radius 3 is 1.73 bits per heavy atom. The molecule has 0 aliphatic heterocycles. The van der Waals surface area contributed by atoms with Gasteiger partial charge in [-0.15, -0.1) is 0 Å². The molecule has 0 heterocycles. The zero-order valence-corrected chi connectivity index (χ0v) is 11.7. The van der Waals surface area contributed by atoms with E-state index in [1.165, 1.54) is 6.42 Å². The van der Waals surface area contributed by atoms with Crippen LogP contribution in [-0.2, 0) is 13.3 Å². The van der Waals surface area contributed by atoms with Crippen LogP contribution >= 0.6 is 0 Å². The van der Waals surface area contributed by atoms with Gasteiger partial charge in [-0.2, -0.15) is 0 Å². The first-order chi connectivity index (χ1) is 7.20. The Morgan fingerprint density at radius 2 is 1.40 bits per heavy atom. The largest absolute Gasteiger partial charge is 0.598 e. The average molecular weight is 235 g/mol. The molecule has 0 radical (unpaired) electrons. The summed E-state index contributed by atoms with van der Waals surface area (Å²) in [5.41, 5.74) is 0. The Kier molecular flexibility index (Phi) is 8.27. The topological polar surface area (TPSA) is 30.9 Å². The second kappa shape index (κ2) is 8.24. The maximum atomic E-state index is 5.47. The Morgan fingerprint density at radius 1 is 0.867 bits per heavy atom. The summed E-state index contributed by atoms with van der Waals surface area (Å²) in [6.07, 6.45) is 3.39. The minimum Gasteiger partial charge on any atom is -0.364 e. The van der Waals surface area contributed by atoms with Crippen molar-refractivity contribution >= 4 is 8.97 Å². The molecule has 0 saturated carbocycles. The molecule has 15 heavy (non-hydrogen) atoms. The van der Waals surface area contributed by atoms with Gasteiger partial charge in [-0.1, -0.05) is 20.3 Å². The summed E-state index contributed by atoms with van der Waals surface area (Å²) in [6, 6.07) is 0.